The third kappa shape index (κ3) is 6.22. The summed E-state index contributed by atoms with van der Waals surface area (Å²) in [5.74, 6) is -0.947. The van der Waals surface area contributed by atoms with Gasteiger partial charge >= 0.3 is 18.3 Å². The number of aromatic amines is 1. The highest BCUT2D eigenvalue weighted by Crippen LogP contribution is 2.41. The molecule has 4 aromatic rings. The summed E-state index contributed by atoms with van der Waals surface area (Å²) in [5, 5.41) is 5.67. The largest absolute Gasteiger partial charge is 0.464 e. The van der Waals surface area contributed by atoms with Crippen LogP contribution in [0.4, 0.5) is 30.7 Å². The summed E-state index contributed by atoms with van der Waals surface area (Å²) in [6.45, 7) is 1.89. The van der Waals surface area contributed by atoms with E-state index in [9.17, 15) is 35.5 Å². The second-order valence-electron chi connectivity index (χ2n) is 9.57. The lowest BCUT2D eigenvalue weighted by molar-refractivity contribution is -0.151. The van der Waals surface area contributed by atoms with Crippen molar-refractivity contribution < 1.29 is 40.3 Å². The van der Waals surface area contributed by atoms with Crippen LogP contribution in [0.15, 0.2) is 65.9 Å². The molecule has 0 saturated heterocycles. The number of alkyl halides is 6. The molecule has 1 atom stereocenters. The number of hydrogen-bond acceptors (Lipinski definition) is 6. The number of carbonyl (C=O) groups is 1. The van der Waals surface area contributed by atoms with Gasteiger partial charge in [-0.1, -0.05) is 31.2 Å². The Hall–Kier alpha value is -4.75. The summed E-state index contributed by atoms with van der Waals surface area (Å²) in [6, 6.07) is 8.65. The number of carbonyl (C=O) groups excluding carboxylic acids is 1. The van der Waals surface area contributed by atoms with E-state index >= 15 is 0 Å². The van der Waals surface area contributed by atoms with Crippen LogP contribution in [0.25, 0.3) is 22.6 Å². The molecule has 43 heavy (non-hydrogen) atoms. The van der Waals surface area contributed by atoms with Gasteiger partial charge in [0.2, 0.25) is 0 Å². The number of hydrazone groups is 1. The van der Waals surface area contributed by atoms with Crippen LogP contribution in [-0.4, -0.2) is 38.8 Å². The zero-order chi connectivity index (χ0) is 30.9. The summed E-state index contributed by atoms with van der Waals surface area (Å²) < 4.78 is 100. The van der Waals surface area contributed by atoms with Crippen LogP contribution < -0.4 is 0 Å². The molecule has 3 heterocycles. The number of esters is 1. The molecule has 14 heteroatoms. The van der Waals surface area contributed by atoms with Crippen molar-refractivity contribution in [1.82, 2.24) is 20.0 Å². The number of halogens is 7. The van der Waals surface area contributed by atoms with Gasteiger partial charge in [-0.05, 0) is 36.8 Å². The number of imidazole rings is 1. The third-order valence-electron chi connectivity index (χ3n) is 6.59. The van der Waals surface area contributed by atoms with Crippen molar-refractivity contribution in [2.24, 2.45) is 5.10 Å². The molecule has 0 spiro atoms. The lowest BCUT2D eigenvalue weighted by Crippen LogP contribution is -2.33. The Morgan fingerprint density at radius 2 is 1.79 bits per heavy atom. The lowest BCUT2D eigenvalue weighted by atomic mass is 9.99. The van der Waals surface area contributed by atoms with Crippen molar-refractivity contribution >= 4 is 12.2 Å². The molecule has 0 bridgehead atoms. The predicted molar refractivity (Wildman–Crippen MR) is 141 cm³/mol. The number of nitrogens with one attached hydrogen (secondary N) is 1. The predicted octanol–water partition coefficient (Wildman–Crippen LogP) is 7.16. The van der Waals surface area contributed by atoms with E-state index in [1.807, 2.05) is 0 Å². The van der Waals surface area contributed by atoms with Crippen LogP contribution in [0.2, 0.25) is 0 Å². The van der Waals surface area contributed by atoms with Gasteiger partial charge in [0.25, 0.3) is 0 Å². The number of nitrogens with zero attached hydrogens (tertiary/aromatic N) is 4. The van der Waals surface area contributed by atoms with Gasteiger partial charge in [-0.3, -0.25) is 9.99 Å². The minimum Gasteiger partial charge on any atom is -0.464 e. The first-order chi connectivity index (χ1) is 20.4. The monoisotopic (exact) mass is 605 g/mol. The number of hydrogen-bond donors (Lipinski definition) is 1. The molecule has 1 aliphatic rings. The van der Waals surface area contributed by atoms with Crippen molar-refractivity contribution in [3.05, 3.63) is 94.7 Å². The van der Waals surface area contributed by atoms with Crippen molar-refractivity contribution in [3.8, 4) is 22.6 Å². The maximum Gasteiger partial charge on any atom is 0.417 e. The normalized spacial score (nSPS) is 14.0. The number of pyridine rings is 1. The average molecular weight is 606 g/mol. The summed E-state index contributed by atoms with van der Waals surface area (Å²) in [4.78, 5) is 24.6. The Kier molecular flexibility index (Phi) is 7.95. The molecular weight excluding hydrogens is 583 g/mol. The van der Waals surface area contributed by atoms with E-state index in [1.54, 1.807) is 19.1 Å². The molecule has 1 unspecified atom stereocenters. The number of ether oxygens (including phenoxy) is 1. The highest BCUT2D eigenvalue weighted by molar-refractivity contribution is 5.82. The summed E-state index contributed by atoms with van der Waals surface area (Å²) in [7, 11) is 0. The van der Waals surface area contributed by atoms with Crippen LogP contribution in [0, 0.1) is 5.82 Å². The summed E-state index contributed by atoms with van der Waals surface area (Å²) in [5.41, 5.74) is -2.38. The molecule has 2 aromatic carbocycles. The van der Waals surface area contributed by atoms with Gasteiger partial charge < -0.3 is 9.72 Å². The first-order valence-corrected chi connectivity index (χ1v) is 12.9. The van der Waals surface area contributed by atoms with E-state index in [4.69, 9.17) is 4.74 Å². The zero-order valence-electron chi connectivity index (χ0n) is 22.3. The second kappa shape index (κ2) is 11.5. The van der Waals surface area contributed by atoms with Gasteiger partial charge in [-0.15, -0.1) is 0 Å². The van der Waals surface area contributed by atoms with Gasteiger partial charge in [-0.25, -0.2) is 14.2 Å². The van der Waals surface area contributed by atoms with Crippen LogP contribution >= 0.6 is 0 Å². The minimum atomic E-state index is -5.09. The number of rotatable bonds is 7. The van der Waals surface area contributed by atoms with Gasteiger partial charge in [-0.2, -0.15) is 31.4 Å². The van der Waals surface area contributed by atoms with E-state index in [2.05, 4.69) is 20.1 Å². The molecule has 0 aliphatic carbocycles. The van der Waals surface area contributed by atoms with Crippen molar-refractivity contribution in [1.29, 1.82) is 0 Å². The first kappa shape index (κ1) is 29.7. The van der Waals surface area contributed by atoms with Crippen molar-refractivity contribution in [3.63, 3.8) is 0 Å². The molecule has 0 amide bonds. The van der Waals surface area contributed by atoms with Gasteiger partial charge in [0.15, 0.2) is 6.04 Å². The summed E-state index contributed by atoms with van der Waals surface area (Å²) in [6.07, 6.45) is -7.02. The van der Waals surface area contributed by atoms with Crippen molar-refractivity contribution in [2.45, 2.75) is 38.3 Å². The maximum atomic E-state index is 14.3. The quantitative estimate of drug-likeness (QED) is 0.179. The standard InChI is InChI=1S/C29H22F7N5O2/c1-2-11-43-27(42)25(41-15-24-23(14-38-41)39-26(40-24)19-5-3-4-6-21(19)30)16-7-10-22(37-13-16)18-9-8-17(28(31,32)33)12-20(18)29(34,35)36/h3-10,12-14,25H,2,11,15H2,1H3,(H,39,40). The topological polar surface area (TPSA) is 83.5 Å². The Balaban J connectivity index is 1.47. The summed E-state index contributed by atoms with van der Waals surface area (Å²) >= 11 is 0. The minimum absolute atomic E-state index is 0.0120. The molecule has 0 saturated carbocycles. The van der Waals surface area contributed by atoms with Gasteiger partial charge in [0, 0.05) is 17.3 Å². The molecule has 0 radical (unpaired) electrons. The van der Waals surface area contributed by atoms with Crippen molar-refractivity contribution in [2.75, 3.05) is 6.61 Å². The molecule has 2 aromatic heterocycles. The van der Waals surface area contributed by atoms with E-state index < -0.39 is 46.9 Å². The number of aromatic nitrogens is 3. The fourth-order valence-corrected chi connectivity index (χ4v) is 4.54. The van der Waals surface area contributed by atoms with E-state index in [0.29, 0.717) is 29.9 Å². The van der Waals surface area contributed by atoms with Crippen LogP contribution in [-0.2, 0) is 28.4 Å². The van der Waals surface area contributed by atoms with Gasteiger partial charge in [0.05, 0.1) is 47.4 Å². The lowest BCUT2D eigenvalue weighted by Gasteiger charge is -2.29. The fourth-order valence-electron chi connectivity index (χ4n) is 4.54. The number of benzene rings is 2. The Morgan fingerprint density at radius 3 is 2.44 bits per heavy atom. The number of fused-ring (bicyclic) bond motifs is 1. The number of H-pyrrole nitrogens is 1. The molecule has 1 aliphatic heterocycles. The first-order valence-electron chi connectivity index (χ1n) is 12.9. The smallest absolute Gasteiger partial charge is 0.417 e. The molecular formula is C29H22F7N5O2. The fraction of sp³-hybridized carbons (Fsp3) is 0.241. The Labute approximate surface area is 240 Å². The third-order valence-corrected chi connectivity index (χ3v) is 6.59. The molecule has 0 fully saturated rings. The zero-order valence-corrected chi connectivity index (χ0v) is 22.3. The molecule has 7 nitrogen and oxygen atoms in total. The SMILES string of the molecule is CCCOC(=O)C(c1ccc(-c2ccc(C(F)(F)F)cc2C(F)(F)F)nc1)N1Cc2[nH]c(-c3ccccc3F)nc2C=N1. The molecule has 1 N–H and O–H groups in total. The maximum absolute atomic E-state index is 14.3. The van der Waals surface area contributed by atoms with Crippen LogP contribution in [0.1, 0.15) is 47.5 Å². The second-order valence-corrected chi connectivity index (χ2v) is 9.57. The van der Waals surface area contributed by atoms with E-state index in [1.165, 1.54) is 35.5 Å². The Bertz CT molecular complexity index is 1660. The molecule has 224 valence electrons. The average Bonchev–Trinajstić information content (AvgIpc) is 3.39. The highest BCUT2D eigenvalue weighted by Gasteiger charge is 2.39. The van der Waals surface area contributed by atoms with E-state index in [-0.39, 0.29) is 41.9 Å². The Morgan fingerprint density at radius 1 is 1.02 bits per heavy atom. The van der Waals surface area contributed by atoms with Gasteiger partial charge in [0.1, 0.15) is 17.3 Å². The van der Waals surface area contributed by atoms with E-state index in [0.717, 1.165) is 6.20 Å². The van der Waals surface area contributed by atoms with Crippen LogP contribution in [0.5, 0.6) is 0 Å². The molecule has 5 rings (SSSR count). The highest BCUT2D eigenvalue weighted by atomic mass is 19.4. The van der Waals surface area contributed by atoms with Crippen LogP contribution in [0.3, 0.4) is 0 Å².